The summed E-state index contributed by atoms with van der Waals surface area (Å²) in [6.07, 6.45) is 0.621. The van der Waals surface area contributed by atoms with Gasteiger partial charge < -0.3 is 20.3 Å². The van der Waals surface area contributed by atoms with Crippen molar-refractivity contribution in [2.45, 2.75) is 12.8 Å². The van der Waals surface area contributed by atoms with Gasteiger partial charge in [-0.1, -0.05) is 30.3 Å². The summed E-state index contributed by atoms with van der Waals surface area (Å²) in [5, 5.41) is 5.49. The predicted molar refractivity (Wildman–Crippen MR) is 102 cm³/mol. The molecule has 0 aliphatic heterocycles. The van der Waals surface area contributed by atoms with E-state index < -0.39 is 0 Å². The maximum absolute atomic E-state index is 12.1. The van der Waals surface area contributed by atoms with Crippen molar-refractivity contribution in [1.82, 2.24) is 10.2 Å². The maximum Gasteiger partial charge on any atom is 0.233 e. The number of ether oxygens (including phenoxy) is 1. The van der Waals surface area contributed by atoms with E-state index in [1.54, 1.807) is 18.2 Å². The first-order valence-corrected chi connectivity index (χ1v) is 8.58. The van der Waals surface area contributed by atoms with Crippen LogP contribution < -0.4 is 15.4 Å². The Morgan fingerprint density at radius 2 is 1.65 bits per heavy atom. The van der Waals surface area contributed by atoms with Crippen LogP contribution in [0.2, 0.25) is 0 Å². The van der Waals surface area contributed by atoms with Gasteiger partial charge in [-0.25, -0.2) is 0 Å². The van der Waals surface area contributed by atoms with Crippen molar-refractivity contribution >= 4 is 17.5 Å². The molecule has 2 aromatic carbocycles. The van der Waals surface area contributed by atoms with E-state index in [0.29, 0.717) is 23.7 Å². The Hall–Kier alpha value is -2.86. The fourth-order valence-corrected chi connectivity index (χ4v) is 2.30. The Labute approximate surface area is 154 Å². The van der Waals surface area contributed by atoms with Crippen molar-refractivity contribution in [2.24, 2.45) is 0 Å². The second-order valence-electron chi connectivity index (χ2n) is 6.14. The van der Waals surface area contributed by atoms with Crippen molar-refractivity contribution in [3.63, 3.8) is 0 Å². The van der Waals surface area contributed by atoms with Crippen LogP contribution in [0.1, 0.15) is 12.8 Å². The number of nitrogens with zero attached hydrogens (tertiary/aromatic N) is 1. The van der Waals surface area contributed by atoms with Crippen molar-refractivity contribution < 1.29 is 14.3 Å². The number of anilines is 1. The Morgan fingerprint density at radius 3 is 2.38 bits per heavy atom. The Bertz CT molecular complexity index is 717. The van der Waals surface area contributed by atoms with Crippen molar-refractivity contribution in [1.29, 1.82) is 0 Å². The molecule has 2 amide bonds. The zero-order valence-corrected chi connectivity index (χ0v) is 15.2. The lowest BCUT2D eigenvalue weighted by Gasteiger charge is -2.12. The van der Waals surface area contributed by atoms with Gasteiger partial charge in [0.25, 0.3) is 0 Å². The standard InChI is InChI=1S/C20H25N3O3/c1-23(2)14-8-13-21-19(24)15-20(25)22-17-11-6-7-12-18(17)26-16-9-4-3-5-10-16/h3-7,9-12H,8,13-15H2,1-2H3,(H,21,24)(H,22,25). The molecule has 26 heavy (non-hydrogen) atoms. The van der Waals surface area contributed by atoms with Crippen LogP contribution >= 0.6 is 0 Å². The Balaban J connectivity index is 1.86. The van der Waals surface area contributed by atoms with E-state index in [2.05, 4.69) is 10.6 Å². The second kappa shape index (κ2) is 10.2. The molecule has 0 heterocycles. The lowest BCUT2D eigenvalue weighted by Crippen LogP contribution is -2.30. The fraction of sp³-hybridized carbons (Fsp3) is 0.300. The average Bonchev–Trinajstić information content (AvgIpc) is 2.61. The lowest BCUT2D eigenvalue weighted by atomic mass is 10.2. The molecule has 0 radical (unpaired) electrons. The van der Waals surface area contributed by atoms with Crippen LogP contribution in [-0.4, -0.2) is 43.9 Å². The highest BCUT2D eigenvalue weighted by Crippen LogP contribution is 2.29. The van der Waals surface area contributed by atoms with Gasteiger partial charge in [0.1, 0.15) is 12.2 Å². The molecule has 0 aliphatic carbocycles. The van der Waals surface area contributed by atoms with Gasteiger partial charge in [-0.05, 0) is 51.3 Å². The third kappa shape index (κ3) is 6.94. The molecule has 2 rings (SSSR count). The van der Waals surface area contributed by atoms with Gasteiger partial charge in [-0.3, -0.25) is 9.59 Å². The number of carbonyl (C=O) groups excluding carboxylic acids is 2. The molecule has 0 atom stereocenters. The van der Waals surface area contributed by atoms with E-state index in [9.17, 15) is 9.59 Å². The first-order chi connectivity index (χ1) is 12.5. The summed E-state index contributed by atoms with van der Waals surface area (Å²) in [4.78, 5) is 26.0. The largest absolute Gasteiger partial charge is 0.455 e. The molecule has 6 nitrogen and oxygen atoms in total. The van der Waals surface area contributed by atoms with Crippen LogP contribution in [0.15, 0.2) is 54.6 Å². The smallest absolute Gasteiger partial charge is 0.233 e. The highest BCUT2D eigenvalue weighted by atomic mass is 16.5. The summed E-state index contributed by atoms with van der Waals surface area (Å²) in [7, 11) is 3.95. The Kier molecular flexibility index (Phi) is 7.64. The highest BCUT2D eigenvalue weighted by molar-refractivity contribution is 6.04. The molecular weight excluding hydrogens is 330 g/mol. The SMILES string of the molecule is CN(C)CCCNC(=O)CC(=O)Nc1ccccc1Oc1ccccc1. The molecule has 6 heteroatoms. The number of para-hydroxylation sites is 3. The minimum Gasteiger partial charge on any atom is -0.455 e. The van der Waals surface area contributed by atoms with E-state index in [1.807, 2.05) is 55.4 Å². The van der Waals surface area contributed by atoms with Crippen LogP contribution in [0.4, 0.5) is 5.69 Å². The number of amides is 2. The molecule has 2 aromatic rings. The summed E-state index contributed by atoms with van der Waals surface area (Å²) in [6.45, 7) is 1.44. The average molecular weight is 355 g/mol. The lowest BCUT2D eigenvalue weighted by molar-refractivity contribution is -0.126. The molecule has 2 N–H and O–H groups in total. The summed E-state index contributed by atoms with van der Waals surface area (Å²) in [5.41, 5.74) is 0.529. The van der Waals surface area contributed by atoms with Crippen LogP contribution in [0.3, 0.4) is 0 Å². The molecule has 0 bridgehead atoms. The van der Waals surface area contributed by atoms with Crippen LogP contribution in [0, 0.1) is 0 Å². The molecule has 0 spiro atoms. The number of benzene rings is 2. The second-order valence-corrected chi connectivity index (χ2v) is 6.14. The number of hydrogen-bond acceptors (Lipinski definition) is 4. The normalized spacial score (nSPS) is 10.4. The molecule has 0 saturated heterocycles. The zero-order valence-electron chi connectivity index (χ0n) is 15.2. The molecule has 0 fully saturated rings. The van der Waals surface area contributed by atoms with Crippen molar-refractivity contribution in [3.05, 3.63) is 54.6 Å². The van der Waals surface area contributed by atoms with Gasteiger partial charge in [-0.15, -0.1) is 0 Å². The first kappa shape index (κ1) is 19.5. The Morgan fingerprint density at radius 1 is 0.962 bits per heavy atom. The quantitative estimate of drug-likeness (QED) is 0.536. The first-order valence-electron chi connectivity index (χ1n) is 8.58. The van der Waals surface area contributed by atoms with Gasteiger partial charge in [0.05, 0.1) is 5.69 Å². The third-order valence-corrected chi connectivity index (χ3v) is 3.56. The van der Waals surface area contributed by atoms with E-state index >= 15 is 0 Å². The number of carbonyl (C=O) groups is 2. The van der Waals surface area contributed by atoms with Crippen LogP contribution in [0.25, 0.3) is 0 Å². The fourth-order valence-electron chi connectivity index (χ4n) is 2.30. The third-order valence-electron chi connectivity index (χ3n) is 3.56. The van der Waals surface area contributed by atoms with E-state index in [0.717, 1.165) is 13.0 Å². The van der Waals surface area contributed by atoms with Gasteiger partial charge in [0.15, 0.2) is 5.75 Å². The minimum atomic E-state index is -0.376. The maximum atomic E-state index is 12.1. The topological polar surface area (TPSA) is 70.7 Å². The number of hydrogen-bond donors (Lipinski definition) is 2. The molecule has 0 aromatic heterocycles. The van der Waals surface area contributed by atoms with Gasteiger partial charge >= 0.3 is 0 Å². The molecule has 0 unspecified atom stereocenters. The number of rotatable bonds is 9. The highest BCUT2D eigenvalue weighted by Gasteiger charge is 2.12. The summed E-state index contributed by atoms with van der Waals surface area (Å²) >= 11 is 0. The molecular formula is C20H25N3O3. The van der Waals surface area contributed by atoms with Gasteiger partial charge in [0.2, 0.25) is 11.8 Å². The zero-order chi connectivity index (χ0) is 18.8. The van der Waals surface area contributed by atoms with Crippen LogP contribution in [-0.2, 0) is 9.59 Å². The summed E-state index contributed by atoms with van der Waals surface area (Å²) in [5.74, 6) is 0.535. The van der Waals surface area contributed by atoms with E-state index in [1.165, 1.54) is 0 Å². The van der Waals surface area contributed by atoms with Gasteiger partial charge in [-0.2, -0.15) is 0 Å². The van der Waals surface area contributed by atoms with Crippen LogP contribution in [0.5, 0.6) is 11.5 Å². The monoisotopic (exact) mass is 355 g/mol. The van der Waals surface area contributed by atoms with Crippen molar-refractivity contribution in [3.8, 4) is 11.5 Å². The molecule has 0 aliphatic rings. The van der Waals surface area contributed by atoms with E-state index in [-0.39, 0.29) is 18.2 Å². The van der Waals surface area contributed by atoms with Gasteiger partial charge in [0, 0.05) is 6.54 Å². The molecule has 0 saturated carbocycles. The van der Waals surface area contributed by atoms with Crippen molar-refractivity contribution in [2.75, 3.05) is 32.5 Å². The molecule has 138 valence electrons. The predicted octanol–water partition coefficient (Wildman–Crippen LogP) is 2.88. The minimum absolute atomic E-state index is 0.221. The summed E-state index contributed by atoms with van der Waals surface area (Å²) < 4.78 is 5.80. The van der Waals surface area contributed by atoms with E-state index in [4.69, 9.17) is 4.74 Å². The number of nitrogens with one attached hydrogen (secondary N) is 2. The summed E-state index contributed by atoms with van der Waals surface area (Å²) in [6, 6.07) is 16.4.